The highest BCUT2D eigenvalue weighted by Crippen LogP contribution is 2.40. The van der Waals surface area contributed by atoms with Crippen molar-refractivity contribution >= 4 is 11.9 Å². The monoisotopic (exact) mass is 399 g/mol. The molecule has 7 heteroatoms. The van der Waals surface area contributed by atoms with Crippen LogP contribution in [0.3, 0.4) is 0 Å². The summed E-state index contributed by atoms with van der Waals surface area (Å²) in [6, 6.07) is 9.99. The normalized spacial score (nSPS) is 15.4. The number of carboxylic acids is 1. The number of carbonyl (C=O) groups is 2. The molecule has 0 spiro atoms. The second kappa shape index (κ2) is 8.86. The van der Waals surface area contributed by atoms with Gasteiger partial charge in [0.25, 0.3) is 5.91 Å². The minimum absolute atomic E-state index is 0.195. The zero-order valence-electron chi connectivity index (χ0n) is 16.8. The molecule has 0 radical (unpaired) electrons. The molecule has 1 atom stereocenters. The van der Waals surface area contributed by atoms with E-state index in [1.165, 1.54) is 7.11 Å². The van der Waals surface area contributed by atoms with Crippen molar-refractivity contribution in [1.82, 2.24) is 4.90 Å². The van der Waals surface area contributed by atoms with Crippen LogP contribution in [0.4, 0.5) is 0 Å². The number of aliphatic carboxylic acids is 1. The van der Waals surface area contributed by atoms with E-state index in [0.29, 0.717) is 42.4 Å². The molecular weight excluding hydrogens is 374 g/mol. The molecule has 0 aromatic heterocycles. The molecule has 1 aliphatic rings. The van der Waals surface area contributed by atoms with Crippen molar-refractivity contribution in [3.63, 3.8) is 0 Å². The van der Waals surface area contributed by atoms with Gasteiger partial charge in [0, 0.05) is 12.1 Å². The number of hydrogen-bond donors (Lipinski definition) is 1. The van der Waals surface area contributed by atoms with E-state index < -0.39 is 12.0 Å². The highest BCUT2D eigenvalue weighted by atomic mass is 16.5. The molecule has 2 aromatic rings. The summed E-state index contributed by atoms with van der Waals surface area (Å²) in [5, 5.41) is 9.49. The quantitative estimate of drug-likeness (QED) is 0.769. The Morgan fingerprint density at radius 2 is 1.86 bits per heavy atom. The molecule has 0 bridgehead atoms. The molecule has 0 fully saturated rings. The topological polar surface area (TPSA) is 85.3 Å². The highest BCUT2D eigenvalue weighted by molar-refractivity contribution is 5.95. The van der Waals surface area contributed by atoms with E-state index in [2.05, 4.69) is 0 Å². The Morgan fingerprint density at radius 1 is 1.14 bits per heavy atom. The molecule has 1 N–H and O–H groups in total. The second-order valence-electron chi connectivity index (χ2n) is 6.73. The van der Waals surface area contributed by atoms with Crippen LogP contribution >= 0.6 is 0 Å². The number of methoxy groups -OCH3 is 2. The molecule has 1 unspecified atom stereocenters. The van der Waals surface area contributed by atoms with Gasteiger partial charge in [0.05, 0.1) is 33.3 Å². The summed E-state index contributed by atoms with van der Waals surface area (Å²) in [5.74, 6) is 0.507. The van der Waals surface area contributed by atoms with Gasteiger partial charge in [-0.1, -0.05) is 6.07 Å². The average Bonchev–Trinajstić information content (AvgIpc) is 2.72. The molecule has 1 aliphatic heterocycles. The number of carboxylic acid groups (broad SMARTS) is 1. The van der Waals surface area contributed by atoms with Crippen LogP contribution in [0.15, 0.2) is 36.4 Å². The number of fused-ring (bicyclic) bond motifs is 1. The first kappa shape index (κ1) is 20.5. The summed E-state index contributed by atoms with van der Waals surface area (Å²) >= 11 is 0. The third-order valence-electron chi connectivity index (χ3n) is 5.02. The van der Waals surface area contributed by atoms with E-state index in [0.717, 1.165) is 11.1 Å². The maximum atomic E-state index is 13.3. The van der Waals surface area contributed by atoms with Crippen molar-refractivity contribution in [2.45, 2.75) is 25.8 Å². The summed E-state index contributed by atoms with van der Waals surface area (Å²) in [4.78, 5) is 26.5. The molecular formula is C22H25NO6. The summed E-state index contributed by atoms with van der Waals surface area (Å²) in [7, 11) is 3.09. The van der Waals surface area contributed by atoms with E-state index in [1.807, 2.05) is 13.0 Å². The Balaban J connectivity index is 2.00. The van der Waals surface area contributed by atoms with Gasteiger partial charge in [-0.2, -0.15) is 0 Å². The maximum absolute atomic E-state index is 13.3. The fourth-order valence-electron chi connectivity index (χ4n) is 3.71. The maximum Gasteiger partial charge on any atom is 0.305 e. The number of benzene rings is 2. The Morgan fingerprint density at radius 3 is 2.52 bits per heavy atom. The zero-order chi connectivity index (χ0) is 21.0. The lowest BCUT2D eigenvalue weighted by molar-refractivity contribution is -0.138. The van der Waals surface area contributed by atoms with Crippen molar-refractivity contribution in [3.05, 3.63) is 53.1 Å². The summed E-state index contributed by atoms with van der Waals surface area (Å²) in [6.07, 6.45) is 0.405. The van der Waals surface area contributed by atoms with Crippen molar-refractivity contribution in [2.24, 2.45) is 0 Å². The first-order valence-electron chi connectivity index (χ1n) is 9.48. The molecule has 7 nitrogen and oxygen atoms in total. The first-order chi connectivity index (χ1) is 14.0. The van der Waals surface area contributed by atoms with Crippen LogP contribution in [0.5, 0.6) is 17.2 Å². The van der Waals surface area contributed by atoms with Crippen LogP contribution in [0.25, 0.3) is 0 Å². The Hall–Kier alpha value is -3.22. The molecule has 154 valence electrons. The van der Waals surface area contributed by atoms with Gasteiger partial charge >= 0.3 is 5.97 Å². The smallest absolute Gasteiger partial charge is 0.305 e. The van der Waals surface area contributed by atoms with E-state index in [9.17, 15) is 14.7 Å². The summed E-state index contributed by atoms with van der Waals surface area (Å²) in [5.41, 5.74) is 2.20. The lowest BCUT2D eigenvalue weighted by atomic mass is 9.89. The lowest BCUT2D eigenvalue weighted by Gasteiger charge is -2.37. The molecule has 0 aliphatic carbocycles. The number of nitrogens with zero attached hydrogens (tertiary/aromatic N) is 1. The predicted molar refractivity (Wildman–Crippen MR) is 107 cm³/mol. The van der Waals surface area contributed by atoms with E-state index in [1.54, 1.807) is 42.3 Å². The molecule has 29 heavy (non-hydrogen) atoms. The minimum atomic E-state index is -0.974. The van der Waals surface area contributed by atoms with E-state index in [-0.39, 0.29) is 12.3 Å². The fraction of sp³-hybridized carbons (Fsp3) is 0.364. The van der Waals surface area contributed by atoms with Gasteiger partial charge in [-0.15, -0.1) is 0 Å². The van der Waals surface area contributed by atoms with Crippen LogP contribution in [0.2, 0.25) is 0 Å². The Labute approximate surface area is 169 Å². The molecule has 2 aromatic carbocycles. The number of amides is 1. The molecule has 3 rings (SSSR count). The fourth-order valence-corrected chi connectivity index (χ4v) is 3.71. The zero-order valence-corrected chi connectivity index (χ0v) is 16.8. The summed E-state index contributed by atoms with van der Waals surface area (Å²) in [6.45, 7) is 2.79. The number of hydrogen-bond acceptors (Lipinski definition) is 5. The number of ether oxygens (including phenoxy) is 3. The first-order valence-corrected chi connectivity index (χ1v) is 9.48. The Bertz CT molecular complexity index is 910. The van der Waals surface area contributed by atoms with Gasteiger partial charge in [0.1, 0.15) is 5.75 Å². The molecule has 0 saturated carbocycles. The van der Waals surface area contributed by atoms with E-state index in [4.69, 9.17) is 14.2 Å². The molecule has 1 heterocycles. The van der Waals surface area contributed by atoms with Crippen molar-refractivity contribution in [1.29, 1.82) is 0 Å². The number of rotatable bonds is 7. The van der Waals surface area contributed by atoms with Gasteiger partial charge in [-0.3, -0.25) is 9.59 Å². The van der Waals surface area contributed by atoms with Crippen LogP contribution in [-0.2, 0) is 11.2 Å². The molecule has 0 saturated heterocycles. The third kappa shape index (κ3) is 4.29. The highest BCUT2D eigenvalue weighted by Gasteiger charge is 2.34. The minimum Gasteiger partial charge on any atom is -0.494 e. The molecule has 1 amide bonds. The van der Waals surface area contributed by atoms with Gasteiger partial charge in [0.2, 0.25) is 0 Å². The SMILES string of the molecule is CCOc1cccc(C(=O)N2CCc3cc(OC)c(OC)cc3C2CC(=O)O)c1. The number of carbonyl (C=O) groups excluding carboxylic acids is 1. The largest absolute Gasteiger partial charge is 0.494 e. The van der Waals surface area contributed by atoms with Crippen molar-refractivity contribution in [2.75, 3.05) is 27.4 Å². The van der Waals surface area contributed by atoms with Gasteiger partial charge in [0.15, 0.2) is 11.5 Å². The van der Waals surface area contributed by atoms with Gasteiger partial charge in [-0.25, -0.2) is 0 Å². The van der Waals surface area contributed by atoms with Crippen LogP contribution in [0.1, 0.15) is 40.9 Å². The van der Waals surface area contributed by atoms with Crippen molar-refractivity contribution < 1.29 is 28.9 Å². The summed E-state index contributed by atoms with van der Waals surface area (Å²) < 4.78 is 16.2. The van der Waals surface area contributed by atoms with Gasteiger partial charge < -0.3 is 24.2 Å². The lowest BCUT2D eigenvalue weighted by Crippen LogP contribution is -2.41. The van der Waals surface area contributed by atoms with Crippen molar-refractivity contribution in [3.8, 4) is 17.2 Å². The Kier molecular flexibility index (Phi) is 6.26. The van der Waals surface area contributed by atoms with Crippen LogP contribution in [0, 0.1) is 0 Å². The van der Waals surface area contributed by atoms with Crippen LogP contribution < -0.4 is 14.2 Å². The third-order valence-corrected chi connectivity index (χ3v) is 5.02. The van der Waals surface area contributed by atoms with Crippen LogP contribution in [-0.4, -0.2) is 49.3 Å². The second-order valence-corrected chi connectivity index (χ2v) is 6.73. The van der Waals surface area contributed by atoms with Gasteiger partial charge in [-0.05, 0) is 54.8 Å². The standard InChI is InChI=1S/C22H25NO6/c1-4-29-16-7-5-6-15(10-16)22(26)23-9-8-14-11-19(27-2)20(28-3)12-17(14)18(23)13-21(24)25/h5-7,10-12,18H,4,8-9,13H2,1-3H3,(H,24,25). The predicted octanol–water partition coefficient (Wildman–Crippen LogP) is 3.32. The average molecular weight is 399 g/mol. The van der Waals surface area contributed by atoms with E-state index >= 15 is 0 Å².